The highest BCUT2D eigenvalue weighted by Gasteiger charge is 2.16. The molecule has 96 valence electrons. The van der Waals surface area contributed by atoms with Gasteiger partial charge in [0.25, 0.3) is 0 Å². The van der Waals surface area contributed by atoms with Gasteiger partial charge < -0.3 is 10.3 Å². The maximum absolute atomic E-state index is 5.91. The van der Waals surface area contributed by atoms with Crippen molar-refractivity contribution in [1.29, 1.82) is 0 Å². The van der Waals surface area contributed by atoms with E-state index in [4.69, 9.17) is 10.3 Å². The molecule has 2 aromatic rings. The van der Waals surface area contributed by atoms with Crippen LogP contribution in [0.2, 0.25) is 0 Å². The lowest BCUT2D eigenvalue weighted by Crippen LogP contribution is -1.94. The minimum atomic E-state index is 0.465. The van der Waals surface area contributed by atoms with Gasteiger partial charge in [-0.3, -0.25) is 0 Å². The number of nitrogens with zero attached hydrogens (tertiary/aromatic N) is 1. The number of nitrogen functional groups attached to an aromatic ring is 1. The van der Waals surface area contributed by atoms with E-state index >= 15 is 0 Å². The van der Waals surface area contributed by atoms with Gasteiger partial charge in [-0.15, -0.1) is 0 Å². The summed E-state index contributed by atoms with van der Waals surface area (Å²) in [5.41, 5.74) is 7.88. The number of benzene rings is 1. The Hall–Kier alpha value is -1.29. The van der Waals surface area contributed by atoms with Gasteiger partial charge in [0.15, 0.2) is 5.82 Å². The number of hydrogen-bond acceptors (Lipinski definition) is 3. The lowest BCUT2D eigenvalue weighted by Gasteiger charge is -2.05. The van der Waals surface area contributed by atoms with Crippen LogP contribution in [0.15, 0.2) is 33.3 Å². The van der Waals surface area contributed by atoms with E-state index in [1.54, 1.807) is 0 Å². The first kappa shape index (κ1) is 13.1. The van der Waals surface area contributed by atoms with Crippen molar-refractivity contribution in [2.45, 2.75) is 26.7 Å². The van der Waals surface area contributed by atoms with E-state index in [0.717, 1.165) is 34.2 Å². The van der Waals surface area contributed by atoms with Crippen molar-refractivity contribution in [2.24, 2.45) is 5.92 Å². The first-order chi connectivity index (χ1) is 8.58. The van der Waals surface area contributed by atoms with Gasteiger partial charge in [-0.1, -0.05) is 47.1 Å². The minimum Gasteiger partial charge on any atom is -0.380 e. The Labute approximate surface area is 115 Å². The van der Waals surface area contributed by atoms with Crippen LogP contribution in [-0.4, -0.2) is 5.16 Å². The molecule has 3 nitrogen and oxygen atoms in total. The van der Waals surface area contributed by atoms with Crippen LogP contribution >= 0.6 is 15.9 Å². The van der Waals surface area contributed by atoms with Crippen LogP contribution in [-0.2, 0) is 6.42 Å². The number of hydrogen-bond donors (Lipinski definition) is 1. The number of nitrogens with two attached hydrogens (primary N) is 1. The largest absolute Gasteiger partial charge is 0.380 e. The van der Waals surface area contributed by atoms with Gasteiger partial charge in [-0.25, -0.2) is 0 Å². The standard InChI is InChI=1S/C14H17BrN2O/c1-9(2)6-7-12-13(14(16)17-18-12)10-4-3-5-11(15)8-10/h3-5,8-9H,6-7H2,1-2H3,(H2,16,17). The fraction of sp³-hybridized carbons (Fsp3) is 0.357. The Bertz CT molecular complexity index is 534. The number of halogens is 1. The maximum atomic E-state index is 5.91. The fourth-order valence-electron chi connectivity index (χ4n) is 1.88. The molecule has 1 aromatic heterocycles. The van der Waals surface area contributed by atoms with Gasteiger partial charge in [-0.2, -0.15) is 0 Å². The molecule has 0 spiro atoms. The third-order valence-corrected chi connectivity index (χ3v) is 3.34. The smallest absolute Gasteiger partial charge is 0.175 e. The predicted octanol–water partition coefficient (Wildman–Crippen LogP) is 4.27. The van der Waals surface area contributed by atoms with E-state index in [1.165, 1.54) is 0 Å². The number of aromatic nitrogens is 1. The van der Waals surface area contributed by atoms with E-state index in [-0.39, 0.29) is 0 Å². The van der Waals surface area contributed by atoms with E-state index < -0.39 is 0 Å². The molecule has 4 heteroatoms. The Morgan fingerprint density at radius 2 is 2.17 bits per heavy atom. The van der Waals surface area contributed by atoms with E-state index in [1.807, 2.05) is 24.3 Å². The van der Waals surface area contributed by atoms with Crippen LogP contribution in [0.5, 0.6) is 0 Å². The SMILES string of the molecule is CC(C)CCc1onc(N)c1-c1cccc(Br)c1. The molecule has 0 unspecified atom stereocenters. The van der Waals surface area contributed by atoms with Crippen LogP contribution < -0.4 is 5.73 Å². The molecule has 0 atom stereocenters. The Morgan fingerprint density at radius 3 is 2.83 bits per heavy atom. The zero-order valence-electron chi connectivity index (χ0n) is 10.6. The molecule has 18 heavy (non-hydrogen) atoms. The van der Waals surface area contributed by atoms with Crippen molar-refractivity contribution in [3.63, 3.8) is 0 Å². The van der Waals surface area contributed by atoms with Crippen LogP contribution in [0.25, 0.3) is 11.1 Å². The Morgan fingerprint density at radius 1 is 1.39 bits per heavy atom. The topological polar surface area (TPSA) is 52.0 Å². The van der Waals surface area contributed by atoms with Crippen LogP contribution in [0.1, 0.15) is 26.0 Å². The van der Waals surface area contributed by atoms with Gasteiger partial charge in [0.05, 0.1) is 5.56 Å². The summed E-state index contributed by atoms with van der Waals surface area (Å²) in [5.74, 6) is 1.97. The number of aryl methyl sites for hydroxylation is 1. The second-order valence-corrected chi connectivity index (χ2v) is 5.72. The van der Waals surface area contributed by atoms with E-state index in [0.29, 0.717) is 11.7 Å². The average molecular weight is 309 g/mol. The first-order valence-electron chi connectivity index (χ1n) is 6.08. The van der Waals surface area contributed by atoms with Crippen molar-refractivity contribution in [2.75, 3.05) is 5.73 Å². The first-order valence-corrected chi connectivity index (χ1v) is 6.87. The second-order valence-electron chi connectivity index (χ2n) is 4.81. The maximum Gasteiger partial charge on any atom is 0.175 e. The van der Waals surface area contributed by atoms with Gasteiger partial charge in [0.1, 0.15) is 5.76 Å². The normalized spacial score (nSPS) is 11.1. The fourth-order valence-corrected chi connectivity index (χ4v) is 2.28. The zero-order chi connectivity index (χ0) is 13.1. The molecule has 0 saturated heterocycles. The minimum absolute atomic E-state index is 0.465. The molecule has 0 saturated carbocycles. The van der Waals surface area contributed by atoms with Crippen molar-refractivity contribution >= 4 is 21.7 Å². The van der Waals surface area contributed by atoms with Crippen molar-refractivity contribution in [1.82, 2.24) is 5.16 Å². The molecule has 0 bridgehead atoms. The summed E-state index contributed by atoms with van der Waals surface area (Å²) in [6.07, 6.45) is 1.93. The monoisotopic (exact) mass is 308 g/mol. The molecule has 2 rings (SSSR count). The summed E-state index contributed by atoms with van der Waals surface area (Å²) in [4.78, 5) is 0. The van der Waals surface area contributed by atoms with Crippen LogP contribution in [0.3, 0.4) is 0 Å². The van der Waals surface area contributed by atoms with Crippen molar-refractivity contribution < 1.29 is 4.52 Å². The highest BCUT2D eigenvalue weighted by Crippen LogP contribution is 2.32. The van der Waals surface area contributed by atoms with Gasteiger partial charge in [0, 0.05) is 10.9 Å². The molecule has 0 aliphatic heterocycles. The Kier molecular flexibility index (Phi) is 4.07. The van der Waals surface area contributed by atoms with Gasteiger partial charge in [0.2, 0.25) is 0 Å². The molecule has 0 amide bonds. The van der Waals surface area contributed by atoms with E-state index in [2.05, 4.69) is 34.9 Å². The molecule has 0 fully saturated rings. The third kappa shape index (κ3) is 2.93. The van der Waals surface area contributed by atoms with Gasteiger partial charge in [-0.05, 0) is 30.0 Å². The summed E-state index contributed by atoms with van der Waals surface area (Å²) in [6.45, 7) is 4.39. The zero-order valence-corrected chi connectivity index (χ0v) is 12.2. The van der Waals surface area contributed by atoms with E-state index in [9.17, 15) is 0 Å². The highest BCUT2D eigenvalue weighted by atomic mass is 79.9. The van der Waals surface area contributed by atoms with Gasteiger partial charge >= 0.3 is 0 Å². The quantitative estimate of drug-likeness (QED) is 0.917. The predicted molar refractivity (Wildman–Crippen MR) is 77.2 cm³/mol. The number of anilines is 1. The highest BCUT2D eigenvalue weighted by molar-refractivity contribution is 9.10. The molecule has 1 heterocycles. The summed E-state index contributed by atoms with van der Waals surface area (Å²) >= 11 is 3.47. The molecule has 0 radical (unpaired) electrons. The van der Waals surface area contributed by atoms with Crippen LogP contribution in [0.4, 0.5) is 5.82 Å². The van der Waals surface area contributed by atoms with Crippen LogP contribution in [0, 0.1) is 5.92 Å². The lowest BCUT2D eigenvalue weighted by molar-refractivity contribution is 0.376. The molecular weight excluding hydrogens is 292 g/mol. The molecular formula is C14H17BrN2O. The third-order valence-electron chi connectivity index (χ3n) is 2.85. The number of rotatable bonds is 4. The summed E-state index contributed by atoms with van der Waals surface area (Å²) in [6, 6.07) is 8.02. The molecule has 1 aromatic carbocycles. The second kappa shape index (κ2) is 5.57. The molecule has 0 aliphatic rings. The molecule has 2 N–H and O–H groups in total. The Balaban J connectivity index is 2.34. The average Bonchev–Trinajstić information content (AvgIpc) is 2.68. The lowest BCUT2D eigenvalue weighted by atomic mass is 10.0. The summed E-state index contributed by atoms with van der Waals surface area (Å²) < 4.78 is 6.37. The van der Waals surface area contributed by atoms with Crippen molar-refractivity contribution in [3.05, 3.63) is 34.5 Å². The van der Waals surface area contributed by atoms with Crippen molar-refractivity contribution in [3.8, 4) is 11.1 Å². The molecule has 0 aliphatic carbocycles. The summed E-state index contributed by atoms with van der Waals surface area (Å²) in [5, 5.41) is 3.89. The summed E-state index contributed by atoms with van der Waals surface area (Å²) in [7, 11) is 0.